The fourth-order valence-corrected chi connectivity index (χ4v) is 2.20. The minimum atomic E-state index is 0.712. The number of hydrogen-bond donors (Lipinski definition) is 1. The maximum Gasteiger partial charge on any atom is 0.156 e. The summed E-state index contributed by atoms with van der Waals surface area (Å²) in [5, 5.41) is 5.12. The van der Waals surface area contributed by atoms with Gasteiger partial charge in [0.2, 0.25) is 0 Å². The first-order chi connectivity index (χ1) is 5.33. The average molecular weight is 172 g/mol. The third-order valence-electron chi connectivity index (χ3n) is 1.65. The van der Waals surface area contributed by atoms with Crippen molar-refractivity contribution in [3.8, 4) is 0 Å². The monoisotopic (exact) mass is 172 g/mol. The highest BCUT2D eigenvalue weighted by Gasteiger charge is 2.09. The largest absolute Gasteiger partial charge is 0.363 e. The summed E-state index contributed by atoms with van der Waals surface area (Å²) in [7, 11) is 0. The Kier molecular flexibility index (Phi) is 3.77. The van der Waals surface area contributed by atoms with Crippen LogP contribution in [-0.2, 0) is 0 Å². The first-order valence-electron chi connectivity index (χ1n) is 4.28. The van der Waals surface area contributed by atoms with Gasteiger partial charge in [0.25, 0.3) is 0 Å². The lowest BCUT2D eigenvalue weighted by Crippen LogP contribution is -2.17. The van der Waals surface area contributed by atoms with E-state index in [0.717, 1.165) is 18.3 Å². The molecule has 1 unspecified atom stereocenters. The van der Waals surface area contributed by atoms with Crippen LogP contribution in [0.1, 0.15) is 26.7 Å². The molecule has 2 nitrogen and oxygen atoms in total. The molecule has 3 heteroatoms. The number of aliphatic imine (C=N–C) groups is 1. The van der Waals surface area contributed by atoms with Crippen LogP contribution in [0.5, 0.6) is 0 Å². The molecule has 0 radical (unpaired) electrons. The molecule has 64 valence electrons. The molecule has 1 heterocycles. The van der Waals surface area contributed by atoms with Gasteiger partial charge in [-0.15, -0.1) is 0 Å². The lowest BCUT2D eigenvalue weighted by atomic mass is 10.3. The van der Waals surface area contributed by atoms with Crippen LogP contribution in [0, 0.1) is 0 Å². The highest BCUT2D eigenvalue weighted by molar-refractivity contribution is 8.14. The van der Waals surface area contributed by atoms with E-state index in [1.165, 1.54) is 12.8 Å². The van der Waals surface area contributed by atoms with Gasteiger partial charge in [-0.3, -0.25) is 4.99 Å². The van der Waals surface area contributed by atoms with Crippen molar-refractivity contribution < 1.29 is 0 Å². The molecular formula is C8H16N2S. The first-order valence-corrected chi connectivity index (χ1v) is 5.16. The standard InChI is InChI=1S/C8H16N2S/c1-3-4-7(2)11-8-9-5-6-10-8/h7H,3-6H2,1-2H3,(H,9,10). The maximum absolute atomic E-state index is 4.33. The Morgan fingerprint density at radius 3 is 3.09 bits per heavy atom. The van der Waals surface area contributed by atoms with Gasteiger partial charge in [0.05, 0.1) is 6.54 Å². The topological polar surface area (TPSA) is 24.4 Å². The second-order valence-corrected chi connectivity index (χ2v) is 4.26. The summed E-state index contributed by atoms with van der Waals surface area (Å²) in [4.78, 5) is 4.33. The van der Waals surface area contributed by atoms with E-state index in [9.17, 15) is 0 Å². The van der Waals surface area contributed by atoms with Gasteiger partial charge >= 0.3 is 0 Å². The first kappa shape index (κ1) is 8.91. The molecule has 0 aromatic carbocycles. The fourth-order valence-electron chi connectivity index (χ4n) is 1.11. The van der Waals surface area contributed by atoms with Crippen molar-refractivity contribution in [1.82, 2.24) is 5.32 Å². The number of rotatable bonds is 3. The van der Waals surface area contributed by atoms with Gasteiger partial charge in [0.1, 0.15) is 0 Å². The molecular weight excluding hydrogens is 156 g/mol. The molecule has 0 aliphatic carbocycles. The zero-order chi connectivity index (χ0) is 8.10. The summed E-state index contributed by atoms with van der Waals surface area (Å²) in [6.07, 6.45) is 2.55. The van der Waals surface area contributed by atoms with Gasteiger partial charge < -0.3 is 5.32 Å². The minimum Gasteiger partial charge on any atom is -0.363 e. The highest BCUT2D eigenvalue weighted by atomic mass is 32.2. The van der Waals surface area contributed by atoms with E-state index < -0.39 is 0 Å². The lowest BCUT2D eigenvalue weighted by Gasteiger charge is -2.08. The van der Waals surface area contributed by atoms with E-state index in [1.807, 2.05) is 11.8 Å². The number of amidine groups is 1. The van der Waals surface area contributed by atoms with E-state index >= 15 is 0 Å². The second-order valence-electron chi connectivity index (χ2n) is 2.83. The Morgan fingerprint density at radius 1 is 1.73 bits per heavy atom. The van der Waals surface area contributed by atoms with Crippen molar-refractivity contribution in [3.63, 3.8) is 0 Å². The van der Waals surface area contributed by atoms with E-state index in [1.54, 1.807) is 0 Å². The Balaban J connectivity index is 2.18. The van der Waals surface area contributed by atoms with E-state index in [-0.39, 0.29) is 0 Å². The van der Waals surface area contributed by atoms with Gasteiger partial charge in [0, 0.05) is 11.8 Å². The van der Waals surface area contributed by atoms with Gasteiger partial charge in [-0.1, -0.05) is 32.0 Å². The minimum absolute atomic E-state index is 0.712. The average Bonchev–Trinajstić information content (AvgIpc) is 2.40. The van der Waals surface area contributed by atoms with Crippen LogP contribution in [0.3, 0.4) is 0 Å². The van der Waals surface area contributed by atoms with E-state index in [2.05, 4.69) is 24.2 Å². The predicted molar refractivity (Wildman–Crippen MR) is 52.3 cm³/mol. The molecule has 0 aromatic heterocycles. The van der Waals surface area contributed by atoms with Crippen molar-refractivity contribution >= 4 is 16.9 Å². The second kappa shape index (κ2) is 4.65. The Hall–Kier alpha value is -0.180. The molecule has 0 spiro atoms. The lowest BCUT2D eigenvalue weighted by molar-refractivity contribution is 0.789. The normalized spacial score (nSPS) is 19.3. The molecule has 0 amide bonds. The quantitative estimate of drug-likeness (QED) is 0.703. The SMILES string of the molecule is CCCC(C)SC1=NCCN1. The number of nitrogens with one attached hydrogen (secondary N) is 1. The highest BCUT2D eigenvalue weighted by Crippen LogP contribution is 2.17. The molecule has 1 aliphatic heterocycles. The van der Waals surface area contributed by atoms with Crippen molar-refractivity contribution in [2.24, 2.45) is 4.99 Å². The number of thioether (sulfide) groups is 1. The van der Waals surface area contributed by atoms with Crippen LogP contribution < -0.4 is 5.32 Å². The van der Waals surface area contributed by atoms with Crippen molar-refractivity contribution in [2.45, 2.75) is 31.9 Å². The molecule has 0 saturated carbocycles. The summed E-state index contributed by atoms with van der Waals surface area (Å²) in [6.45, 7) is 6.47. The van der Waals surface area contributed by atoms with Gasteiger partial charge in [0.15, 0.2) is 5.17 Å². The van der Waals surface area contributed by atoms with E-state index in [4.69, 9.17) is 0 Å². The Labute approximate surface area is 72.9 Å². The summed E-state index contributed by atoms with van der Waals surface area (Å²) >= 11 is 1.87. The van der Waals surface area contributed by atoms with Gasteiger partial charge in [-0.2, -0.15) is 0 Å². The molecule has 1 N–H and O–H groups in total. The summed E-state index contributed by atoms with van der Waals surface area (Å²) < 4.78 is 0. The van der Waals surface area contributed by atoms with Crippen LogP contribution in [0.4, 0.5) is 0 Å². The molecule has 0 bridgehead atoms. The number of nitrogens with zero attached hydrogens (tertiary/aromatic N) is 1. The summed E-state index contributed by atoms with van der Waals surface area (Å²) in [5.74, 6) is 0. The van der Waals surface area contributed by atoms with Gasteiger partial charge in [-0.25, -0.2) is 0 Å². The molecule has 11 heavy (non-hydrogen) atoms. The van der Waals surface area contributed by atoms with Crippen LogP contribution >= 0.6 is 11.8 Å². The van der Waals surface area contributed by atoms with Gasteiger partial charge in [-0.05, 0) is 6.42 Å². The van der Waals surface area contributed by atoms with Crippen molar-refractivity contribution in [3.05, 3.63) is 0 Å². The maximum atomic E-state index is 4.33. The molecule has 0 aromatic rings. The van der Waals surface area contributed by atoms with Crippen LogP contribution in [0.2, 0.25) is 0 Å². The van der Waals surface area contributed by atoms with Crippen molar-refractivity contribution in [2.75, 3.05) is 13.1 Å². The van der Waals surface area contributed by atoms with Crippen LogP contribution in [-0.4, -0.2) is 23.5 Å². The van der Waals surface area contributed by atoms with Crippen LogP contribution in [0.25, 0.3) is 0 Å². The molecule has 0 saturated heterocycles. The Morgan fingerprint density at radius 2 is 2.55 bits per heavy atom. The third-order valence-corrected chi connectivity index (χ3v) is 2.79. The molecule has 0 fully saturated rings. The summed E-state index contributed by atoms with van der Waals surface area (Å²) in [6, 6.07) is 0. The van der Waals surface area contributed by atoms with E-state index in [0.29, 0.717) is 5.25 Å². The fraction of sp³-hybridized carbons (Fsp3) is 0.875. The van der Waals surface area contributed by atoms with Crippen LogP contribution in [0.15, 0.2) is 4.99 Å². The summed E-state index contributed by atoms with van der Waals surface area (Å²) in [5.41, 5.74) is 0. The number of hydrogen-bond acceptors (Lipinski definition) is 3. The smallest absolute Gasteiger partial charge is 0.156 e. The molecule has 1 aliphatic rings. The van der Waals surface area contributed by atoms with Crippen molar-refractivity contribution in [1.29, 1.82) is 0 Å². The predicted octanol–water partition coefficient (Wildman–Crippen LogP) is 1.87. The zero-order valence-corrected chi connectivity index (χ0v) is 8.08. The molecule has 1 atom stereocenters. The third kappa shape index (κ3) is 3.14. The Bertz CT molecular complexity index is 145. The zero-order valence-electron chi connectivity index (χ0n) is 7.26. The molecule has 1 rings (SSSR count).